The number of nitrogens with two attached hydrogens (primary N) is 2. The quantitative estimate of drug-likeness (QED) is 0.532. The van der Waals surface area contributed by atoms with E-state index in [1.165, 1.54) is 0 Å². The molecule has 5 heteroatoms. The summed E-state index contributed by atoms with van der Waals surface area (Å²) in [6.45, 7) is 4.15. The predicted molar refractivity (Wildman–Crippen MR) is 54.3 cm³/mol. The number of nitrogens with one attached hydrogen (secondary N) is 1. The van der Waals surface area contributed by atoms with Crippen molar-refractivity contribution in [2.75, 3.05) is 6.54 Å². The van der Waals surface area contributed by atoms with Gasteiger partial charge in [0.25, 0.3) is 0 Å². The van der Waals surface area contributed by atoms with Gasteiger partial charge in [-0.3, -0.25) is 9.59 Å². The lowest BCUT2D eigenvalue weighted by Crippen LogP contribution is -2.45. The van der Waals surface area contributed by atoms with E-state index in [2.05, 4.69) is 5.32 Å². The van der Waals surface area contributed by atoms with Crippen LogP contribution in [0, 0.1) is 5.92 Å². The van der Waals surface area contributed by atoms with Gasteiger partial charge in [0.1, 0.15) is 0 Å². The lowest BCUT2D eigenvalue weighted by Gasteiger charge is -2.17. The maximum Gasteiger partial charge on any atom is 0.237 e. The fourth-order valence-corrected chi connectivity index (χ4v) is 0.939. The van der Waals surface area contributed by atoms with E-state index in [0.29, 0.717) is 0 Å². The molecule has 2 atom stereocenters. The second kappa shape index (κ2) is 6.37. The molecule has 0 saturated carbocycles. The molecule has 14 heavy (non-hydrogen) atoms. The van der Waals surface area contributed by atoms with Crippen molar-refractivity contribution in [1.82, 2.24) is 5.32 Å². The minimum atomic E-state index is -0.507. The first-order chi connectivity index (χ1) is 6.49. The second-order valence-corrected chi connectivity index (χ2v) is 3.42. The van der Waals surface area contributed by atoms with Crippen LogP contribution in [-0.4, -0.2) is 24.4 Å². The Morgan fingerprint density at radius 1 is 1.43 bits per heavy atom. The summed E-state index contributed by atoms with van der Waals surface area (Å²) in [4.78, 5) is 21.7. The molecule has 82 valence electrons. The molecule has 0 saturated heterocycles. The third-order valence-electron chi connectivity index (χ3n) is 2.23. The van der Waals surface area contributed by atoms with Gasteiger partial charge in [-0.15, -0.1) is 0 Å². The van der Waals surface area contributed by atoms with Crippen LogP contribution in [-0.2, 0) is 9.59 Å². The van der Waals surface area contributed by atoms with E-state index >= 15 is 0 Å². The molecule has 0 aliphatic carbocycles. The zero-order chi connectivity index (χ0) is 11.1. The number of amides is 2. The molecule has 0 aromatic heterocycles. The molecule has 0 bridgehead atoms. The molecule has 0 heterocycles. The van der Waals surface area contributed by atoms with Crippen LogP contribution in [0.3, 0.4) is 0 Å². The van der Waals surface area contributed by atoms with Crippen LogP contribution in [0.2, 0.25) is 0 Å². The summed E-state index contributed by atoms with van der Waals surface area (Å²) in [5, 5.41) is 2.56. The SMILES string of the molecule is CCC(C)C(N)C(=O)NCCC(N)=O. The summed E-state index contributed by atoms with van der Waals surface area (Å²) in [5.74, 6) is -0.508. The van der Waals surface area contributed by atoms with E-state index in [1.807, 2.05) is 13.8 Å². The van der Waals surface area contributed by atoms with Crippen molar-refractivity contribution < 1.29 is 9.59 Å². The Labute approximate surface area is 84.2 Å². The van der Waals surface area contributed by atoms with Crippen LogP contribution < -0.4 is 16.8 Å². The lowest BCUT2D eigenvalue weighted by molar-refractivity contribution is -0.123. The van der Waals surface area contributed by atoms with Crippen molar-refractivity contribution in [2.24, 2.45) is 17.4 Å². The van der Waals surface area contributed by atoms with Gasteiger partial charge < -0.3 is 16.8 Å². The zero-order valence-corrected chi connectivity index (χ0v) is 8.75. The van der Waals surface area contributed by atoms with Gasteiger partial charge >= 0.3 is 0 Å². The van der Waals surface area contributed by atoms with Crippen molar-refractivity contribution in [3.63, 3.8) is 0 Å². The lowest BCUT2D eigenvalue weighted by atomic mass is 9.99. The Bertz CT molecular complexity index is 206. The molecule has 5 nitrogen and oxygen atoms in total. The van der Waals surface area contributed by atoms with Crippen LogP contribution in [0.1, 0.15) is 26.7 Å². The first-order valence-corrected chi connectivity index (χ1v) is 4.80. The molecule has 0 radical (unpaired) electrons. The molecule has 0 aliphatic rings. The Morgan fingerprint density at radius 3 is 2.43 bits per heavy atom. The third-order valence-corrected chi connectivity index (χ3v) is 2.23. The summed E-state index contributed by atoms with van der Waals surface area (Å²) in [6.07, 6.45) is 1.00. The van der Waals surface area contributed by atoms with Gasteiger partial charge in [-0.2, -0.15) is 0 Å². The van der Waals surface area contributed by atoms with Gasteiger partial charge in [0.05, 0.1) is 6.04 Å². The molecule has 0 aliphatic heterocycles. The van der Waals surface area contributed by atoms with Crippen LogP contribution in [0.5, 0.6) is 0 Å². The number of carbonyl (C=O) groups is 2. The van der Waals surface area contributed by atoms with Gasteiger partial charge in [0.15, 0.2) is 0 Å². The first kappa shape index (κ1) is 12.9. The molecule has 0 spiro atoms. The molecule has 0 fully saturated rings. The van der Waals surface area contributed by atoms with Gasteiger partial charge in [0.2, 0.25) is 11.8 Å². The van der Waals surface area contributed by atoms with E-state index in [4.69, 9.17) is 11.5 Å². The van der Waals surface area contributed by atoms with Gasteiger partial charge in [0, 0.05) is 13.0 Å². The van der Waals surface area contributed by atoms with Gasteiger partial charge in [-0.1, -0.05) is 20.3 Å². The van der Waals surface area contributed by atoms with Crippen LogP contribution in [0.25, 0.3) is 0 Å². The number of carbonyl (C=O) groups excluding carboxylic acids is 2. The smallest absolute Gasteiger partial charge is 0.237 e. The Balaban J connectivity index is 3.78. The van der Waals surface area contributed by atoms with Crippen molar-refractivity contribution in [3.8, 4) is 0 Å². The van der Waals surface area contributed by atoms with E-state index in [-0.39, 0.29) is 24.8 Å². The Kier molecular flexibility index (Phi) is 5.87. The average molecular weight is 201 g/mol. The molecule has 0 aromatic carbocycles. The summed E-state index contributed by atoms with van der Waals surface area (Å²) < 4.78 is 0. The molecular weight excluding hydrogens is 182 g/mol. The van der Waals surface area contributed by atoms with Crippen molar-refractivity contribution in [3.05, 3.63) is 0 Å². The molecule has 0 rings (SSSR count). The van der Waals surface area contributed by atoms with Crippen molar-refractivity contribution in [1.29, 1.82) is 0 Å². The number of hydrogen-bond acceptors (Lipinski definition) is 3. The standard InChI is InChI=1S/C9H19N3O2/c1-3-6(2)8(11)9(14)12-5-4-7(10)13/h6,8H,3-5,11H2,1-2H3,(H2,10,13)(H,12,14). The summed E-state index contributed by atoms with van der Waals surface area (Å²) in [6, 6.07) is -0.507. The highest BCUT2D eigenvalue weighted by molar-refractivity contribution is 5.82. The largest absolute Gasteiger partial charge is 0.370 e. The summed E-state index contributed by atoms with van der Waals surface area (Å²) >= 11 is 0. The molecule has 2 amide bonds. The van der Waals surface area contributed by atoms with Gasteiger partial charge in [-0.25, -0.2) is 0 Å². The topological polar surface area (TPSA) is 98.2 Å². The number of primary amides is 1. The fourth-order valence-electron chi connectivity index (χ4n) is 0.939. The molecular formula is C9H19N3O2. The Hall–Kier alpha value is -1.10. The van der Waals surface area contributed by atoms with Gasteiger partial charge in [-0.05, 0) is 5.92 Å². The monoisotopic (exact) mass is 201 g/mol. The van der Waals surface area contributed by atoms with E-state index in [0.717, 1.165) is 6.42 Å². The molecule has 2 unspecified atom stereocenters. The average Bonchev–Trinajstić information content (AvgIpc) is 2.14. The fraction of sp³-hybridized carbons (Fsp3) is 0.778. The highest BCUT2D eigenvalue weighted by atomic mass is 16.2. The van der Waals surface area contributed by atoms with Crippen molar-refractivity contribution >= 4 is 11.8 Å². The zero-order valence-electron chi connectivity index (χ0n) is 8.75. The minimum Gasteiger partial charge on any atom is -0.370 e. The van der Waals surface area contributed by atoms with Crippen LogP contribution in [0.15, 0.2) is 0 Å². The Morgan fingerprint density at radius 2 is 2.00 bits per heavy atom. The molecule has 0 aromatic rings. The van der Waals surface area contributed by atoms with E-state index < -0.39 is 11.9 Å². The molecule has 5 N–H and O–H groups in total. The van der Waals surface area contributed by atoms with Crippen molar-refractivity contribution in [2.45, 2.75) is 32.7 Å². The predicted octanol–water partition coefficient (Wildman–Crippen LogP) is -0.649. The maximum atomic E-state index is 11.3. The second-order valence-electron chi connectivity index (χ2n) is 3.42. The highest BCUT2D eigenvalue weighted by Gasteiger charge is 2.18. The summed E-state index contributed by atoms with van der Waals surface area (Å²) in [5.41, 5.74) is 10.6. The van der Waals surface area contributed by atoms with E-state index in [9.17, 15) is 9.59 Å². The summed E-state index contributed by atoms with van der Waals surface area (Å²) in [7, 11) is 0. The maximum absolute atomic E-state index is 11.3. The minimum absolute atomic E-state index is 0.142. The number of hydrogen-bond donors (Lipinski definition) is 3. The van der Waals surface area contributed by atoms with Crippen LogP contribution in [0.4, 0.5) is 0 Å². The first-order valence-electron chi connectivity index (χ1n) is 4.80. The van der Waals surface area contributed by atoms with Crippen LogP contribution >= 0.6 is 0 Å². The third kappa shape index (κ3) is 4.81. The normalized spacial score (nSPS) is 14.5. The number of rotatable bonds is 6. The van der Waals surface area contributed by atoms with E-state index in [1.54, 1.807) is 0 Å². The highest BCUT2D eigenvalue weighted by Crippen LogP contribution is 2.04.